The van der Waals surface area contributed by atoms with E-state index in [1.807, 2.05) is 43.3 Å². The zero-order valence-electron chi connectivity index (χ0n) is 17.8. The summed E-state index contributed by atoms with van der Waals surface area (Å²) in [6, 6.07) is 16.7. The highest BCUT2D eigenvalue weighted by molar-refractivity contribution is 6.30. The molecule has 3 heterocycles. The number of fused-ring (bicyclic) bond motifs is 3. The SMILES string of the molecule is Cc1ccc2c(c1)n(Cc1ccc(Cl)cc1)c(=O)c1nc(C(=O)NCCc3ccco3)nn12. The number of furan rings is 1. The standard InChI is InChI=1S/C24H20ClN5O3/c1-15-4-9-19-20(13-15)29(14-16-5-7-17(25)8-6-16)24(32)22-27-21(28-30(19)22)23(31)26-11-10-18-3-2-12-33-18/h2-9,12-13H,10-11,14H2,1H3,(H,26,31). The third-order valence-corrected chi connectivity index (χ3v) is 5.64. The maximum atomic E-state index is 13.4. The van der Waals surface area contributed by atoms with Crippen molar-refractivity contribution in [1.29, 1.82) is 0 Å². The maximum Gasteiger partial charge on any atom is 0.296 e. The van der Waals surface area contributed by atoms with Gasteiger partial charge in [0, 0.05) is 18.0 Å². The van der Waals surface area contributed by atoms with E-state index in [2.05, 4.69) is 15.4 Å². The van der Waals surface area contributed by atoms with Gasteiger partial charge in [-0.3, -0.25) is 14.2 Å². The number of rotatable bonds is 6. The number of carbonyl (C=O) groups is 1. The van der Waals surface area contributed by atoms with Crippen LogP contribution in [0.25, 0.3) is 16.7 Å². The van der Waals surface area contributed by atoms with E-state index < -0.39 is 5.91 Å². The molecule has 5 rings (SSSR count). The van der Waals surface area contributed by atoms with Crippen LogP contribution in [0, 0.1) is 6.92 Å². The van der Waals surface area contributed by atoms with Gasteiger partial charge >= 0.3 is 0 Å². The second-order valence-electron chi connectivity index (χ2n) is 7.77. The minimum absolute atomic E-state index is 0.0577. The normalized spacial score (nSPS) is 11.3. The van der Waals surface area contributed by atoms with Crippen LogP contribution in [0.3, 0.4) is 0 Å². The Bertz CT molecular complexity index is 1520. The van der Waals surface area contributed by atoms with Gasteiger partial charge in [0.1, 0.15) is 5.76 Å². The number of benzene rings is 2. The third-order valence-electron chi connectivity index (χ3n) is 5.39. The number of nitrogens with zero attached hydrogens (tertiary/aromatic N) is 4. The van der Waals surface area contributed by atoms with Gasteiger partial charge < -0.3 is 9.73 Å². The van der Waals surface area contributed by atoms with Crippen LogP contribution >= 0.6 is 11.6 Å². The summed E-state index contributed by atoms with van der Waals surface area (Å²) in [7, 11) is 0. The molecule has 1 N–H and O–H groups in total. The number of nitrogens with one attached hydrogen (secondary N) is 1. The molecule has 1 amide bonds. The molecule has 0 atom stereocenters. The Labute approximate surface area is 193 Å². The van der Waals surface area contributed by atoms with Gasteiger partial charge in [0.15, 0.2) is 0 Å². The summed E-state index contributed by atoms with van der Waals surface area (Å²) < 4.78 is 8.36. The van der Waals surface area contributed by atoms with Gasteiger partial charge in [-0.1, -0.05) is 29.8 Å². The van der Waals surface area contributed by atoms with Crippen molar-refractivity contribution >= 4 is 34.2 Å². The van der Waals surface area contributed by atoms with Gasteiger partial charge in [0.2, 0.25) is 11.5 Å². The highest BCUT2D eigenvalue weighted by atomic mass is 35.5. The predicted molar refractivity (Wildman–Crippen MR) is 125 cm³/mol. The van der Waals surface area contributed by atoms with E-state index >= 15 is 0 Å². The second kappa shape index (κ2) is 8.55. The second-order valence-corrected chi connectivity index (χ2v) is 8.20. The molecule has 0 aliphatic carbocycles. The highest BCUT2D eigenvalue weighted by Crippen LogP contribution is 2.18. The molecule has 9 heteroatoms. The predicted octanol–water partition coefficient (Wildman–Crippen LogP) is 3.62. The number of amides is 1. The van der Waals surface area contributed by atoms with E-state index in [4.69, 9.17) is 16.0 Å². The summed E-state index contributed by atoms with van der Waals surface area (Å²) in [5.74, 6) is 0.261. The van der Waals surface area contributed by atoms with Crippen LogP contribution in [0.2, 0.25) is 5.02 Å². The molecular formula is C24H20ClN5O3. The van der Waals surface area contributed by atoms with Crippen LogP contribution in [-0.2, 0) is 13.0 Å². The minimum atomic E-state index is -0.450. The Morgan fingerprint density at radius 3 is 2.70 bits per heavy atom. The quantitative estimate of drug-likeness (QED) is 0.417. The topological polar surface area (TPSA) is 94.4 Å². The molecule has 0 saturated heterocycles. The molecule has 0 aliphatic rings. The molecule has 3 aromatic heterocycles. The van der Waals surface area contributed by atoms with Crippen LogP contribution < -0.4 is 10.9 Å². The van der Waals surface area contributed by atoms with E-state index in [0.29, 0.717) is 35.6 Å². The summed E-state index contributed by atoms with van der Waals surface area (Å²) >= 11 is 6.00. The third kappa shape index (κ3) is 4.12. The molecule has 0 saturated carbocycles. The number of hydrogen-bond donors (Lipinski definition) is 1. The smallest absolute Gasteiger partial charge is 0.296 e. The molecule has 0 spiro atoms. The maximum absolute atomic E-state index is 13.4. The molecule has 0 unspecified atom stereocenters. The number of aryl methyl sites for hydroxylation is 1. The molecule has 0 bridgehead atoms. The summed E-state index contributed by atoms with van der Waals surface area (Å²) in [5.41, 5.74) is 3.08. The minimum Gasteiger partial charge on any atom is -0.469 e. The lowest BCUT2D eigenvalue weighted by Gasteiger charge is -2.12. The Kier molecular flexibility index (Phi) is 5.43. The molecule has 0 fully saturated rings. The van der Waals surface area contributed by atoms with Gasteiger partial charge in [-0.15, -0.1) is 5.10 Å². The van der Waals surface area contributed by atoms with Gasteiger partial charge in [-0.2, -0.15) is 4.98 Å². The fraction of sp³-hybridized carbons (Fsp3) is 0.167. The van der Waals surface area contributed by atoms with E-state index in [-0.39, 0.29) is 17.0 Å². The molecule has 5 aromatic rings. The molecular weight excluding hydrogens is 442 g/mol. The van der Waals surface area contributed by atoms with Gasteiger partial charge in [-0.25, -0.2) is 4.52 Å². The fourth-order valence-corrected chi connectivity index (χ4v) is 3.86. The average molecular weight is 462 g/mol. The first-order valence-electron chi connectivity index (χ1n) is 10.4. The van der Waals surface area contributed by atoms with Crippen molar-refractivity contribution in [3.05, 3.63) is 98.9 Å². The molecule has 33 heavy (non-hydrogen) atoms. The van der Waals surface area contributed by atoms with Crippen LogP contribution in [-0.4, -0.2) is 31.6 Å². The first kappa shape index (κ1) is 21.0. The lowest BCUT2D eigenvalue weighted by Crippen LogP contribution is -2.26. The Morgan fingerprint density at radius 2 is 1.94 bits per heavy atom. The average Bonchev–Trinajstić information content (AvgIpc) is 3.48. The lowest BCUT2D eigenvalue weighted by molar-refractivity contribution is 0.0943. The van der Waals surface area contributed by atoms with E-state index in [0.717, 1.165) is 16.9 Å². The monoisotopic (exact) mass is 461 g/mol. The van der Waals surface area contributed by atoms with Crippen molar-refractivity contribution in [2.24, 2.45) is 0 Å². The van der Waals surface area contributed by atoms with Crippen molar-refractivity contribution in [2.45, 2.75) is 19.9 Å². The van der Waals surface area contributed by atoms with Crippen LogP contribution in [0.15, 0.2) is 70.1 Å². The van der Waals surface area contributed by atoms with Crippen molar-refractivity contribution in [2.75, 3.05) is 6.54 Å². The summed E-state index contributed by atoms with van der Waals surface area (Å²) in [6.45, 7) is 2.66. The summed E-state index contributed by atoms with van der Waals surface area (Å²) in [5, 5.41) is 7.75. The van der Waals surface area contributed by atoms with Crippen molar-refractivity contribution < 1.29 is 9.21 Å². The molecule has 0 radical (unpaired) electrons. The fourth-order valence-electron chi connectivity index (χ4n) is 3.74. The molecule has 8 nitrogen and oxygen atoms in total. The van der Waals surface area contributed by atoms with Crippen LogP contribution in [0.5, 0.6) is 0 Å². The van der Waals surface area contributed by atoms with Gasteiger partial charge in [-0.05, 0) is 54.4 Å². The van der Waals surface area contributed by atoms with Crippen molar-refractivity contribution in [3.63, 3.8) is 0 Å². The first-order valence-corrected chi connectivity index (χ1v) is 10.8. The number of carbonyl (C=O) groups excluding carboxylic acids is 1. The van der Waals surface area contributed by atoms with Crippen LogP contribution in [0.4, 0.5) is 0 Å². The first-order chi connectivity index (χ1) is 16.0. The van der Waals surface area contributed by atoms with E-state index in [9.17, 15) is 9.59 Å². The van der Waals surface area contributed by atoms with Crippen LogP contribution in [0.1, 0.15) is 27.5 Å². The number of halogens is 1. The Hall–Kier alpha value is -3.91. The highest BCUT2D eigenvalue weighted by Gasteiger charge is 2.19. The zero-order valence-corrected chi connectivity index (χ0v) is 18.5. The van der Waals surface area contributed by atoms with Gasteiger partial charge in [0.25, 0.3) is 11.5 Å². The van der Waals surface area contributed by atoms with Crippen molar-refractivity contribution in [1.82, 2.24) is 24.5 Å². The zero-order chi connectivity index (χ0) is 22.9. The molecule has 2 aromatic carbocycles. The van der Waals surface area contributed by atoms with Crippen molar-refractivity contribution in [3.8, 4) is 0 Å². The van der Waals surface area contributed by atoms with E-state index in [1.165, 1.54) is 4.52 Å². The van der Waals surface area contributed by atoms with Gasteiger partial charge in [0.05, 0.1) is 23.8 Å². The lowest BCUT2D eigenvalue weighted by atomic mass is 10.2. The largest absolute Gasteiger partial charge is 0.469 e. The molecule has 166 valence electrons. The Morgan fingerprint density at radius 1 is 1.12 bits per heavy atom. The van der Waals surface area contributed by atoms with E-state index in [1.54, 1.807) is 29.0 Å². The Balaban J connectivity index is 1.54. The number of aromatic nitrogens is 4. The summed E-state index contributed by atoms with van der Waals surface area (Å²) in [6.07, 6.45) is 2.13. The summed E-state index contributed by atoms with van der Waals surface area (Å²) in [4.78, 5) is 30.3. The molecule has 0 aliphatic heterocycles. The number of hydrogen-bond acceptors (Lipinski definition) is 5.